The molecular formula is C31H34F8N4O5S. The van der Waals surface area contributed by atoms with Gasteiger partial charge in [0.15, 0.2) is 9.84 Å². The van der Waals surface area contributed by atoms with E-state index in [0.29, 0.717) is 18.9 Å². The summed E-state index contributed by atoms with van der Waals surface area (Å²) in [5.74, 6) is 2.33. The number of imide groups is 1. The molecule has 0 radical (unpaired) electrons. The molecule has 270 valence electrons. The second-order valence-corrected chi connectivity index (χ2v) is 14.3. The van der Waals surface area contributed by atoms with Crippen molar-refractivity contribution >= 4 is 27.7 Å². The van der Waals surface area contributed by atoms with Gasteiger partial charge in [0, 0.05) is 24.4 Å². The minimum absolute atomic E-state index is 0.144. The Labute approximate surface area is 276 Å². The average molecular weight is 727 g/mol. The lowest BCUT2D eigenvalue weighted by molar-refractivity contribution is -0.348. The van der Waals surface area contributed by atoms with Crippen LogP contribution in [0.5, 0.6) is 0 Å². The summed E-state index contributed by atoms with van der Waals surface area (Å²) in [5.41, 5.74) is -6.21. The molecule has 0 bridgehead atoms. The molecule has 1 fully saturated rings. The van der Waals surface area contributed by atoms with Crippen LogP contribution in [0.1, 0.15) is 68.6 Å². The lowest BCUT2D eigenvalue weighted by atomic mass is 9.76. The summed E-state index contributed by atoms with van der Waals surface area (Å²) in [4.78, 5) is 38.3. The first kappa shape index (κ1) is 38.0. The van der Waals surface area contributed by atoms with E-state index in [1.54, 1.807) is 12.3 Å². The molecule has 0 spiro atoms. The number of nitrogens with two attached hydrogens (primary N) is 1. The number of aryl methyl sites for hydroxylation is 1. The Morgan fingerprint density at radius 2 is 1.63 bits per heavy atom. The molecule has 2 aliphatic rings. The standard InChI is InChI=1S/C31H34F8N4O5S/c1-2-4-18(5-3-6-25(44)41-27(46)42-40)26(45)43-16-15-28(49(47,48)22-11-9-21(32)10-12-22)23-13-8-20(17-19(23)7-14-24(28)43)29(33,30(34,35)36)31(37,38)39/h8-13,17-18,24H,2-7,14-16,40H2,1H3,(H2,41,42,44,46)/t18?,24-,28-/m1/s1. The number of nitrogens with one attached hydrogen (secondary N) is 2. The second kappa shape index (κ2) is 13.8. The Kier molecular flexibility index (Phi) is 10.7. The van der Waals surface area contributed by atoms with Crippen LogP contribution in [0, 0.1) is 11.7 Å². The molecule has 18 heteroatoms. The Balaban J connectivity index is 1.78. The predicted molar refractivity (Wildman–Crippen MR) is 158 cm³/mol. The molecule has 4 amide bonds. The number of benzene rings is 2. The number of halogens is 8. The molecule has 3 atom stereocenters. The van der Waals surface area contributed by atoms with Crippen LogP contribution < -0.4 is 16.6 Å². The molecular weight excluding hydrogens is 692 g/mol. The van der Waals surface area contributed by atoms with Crippen molar-refractivity contribution < 1.29 is 57.9 Å². The van der Waals surface area contributed by atoms with Gasteiger partial charge in [-0.2, -0.15) is 26.3 Å². The van der Waals surface area contributed by atoms with Crippen LogP contribution in [0.4, 0.5) is 39.9 Å². The highest BCUT2D eigenvalue weighted by Gasteiger charge is 2.74. The zero-order valence-electron chi connectivity index (χ0n) is 26.1. The van der Waals surface area contributed by atoms with Crippen LogP contribution in [0.3, 0.4) is 0 Å². The van der Waals surface area contributed by atoms with Crippen LogP contribution in [0.15, 0.2) is 47.4 Å². The van der Waals surface area contributed by atoms with E-state index in [1.165, 1.54) is 4.90 Å². The number of nitrogens with zero attached hydrogens (tertiary/aromatic N) is 1. The van der Waals surface area contributed by atoms with E-state index in [2.05, 4.69) is 0 Å². The van der Waals surface area contributed by atoms with E-state index in [9.17, 15) is 53.5 Å². The predicted octanol–water partition coefficient (Wildman–Crippen LogP) is 5.62. The smallest absolute Gasteiger partial charge is 0.337 e. The maximum absolute atomic E-state index is 15.1. The first-order chi connectivity index (χ1) is 22.8. The van der Waals surface area contributed by atoms with Crippen LogP contribution >= 0.6 is 0 Å². The van der Waals surface area contributed by atoms with E-state index in [4.69, 9.17) is 5.84 Å². The first-order valence-corrected chi connectivity index (χ1v) is 16.8. The molecule has 2 aromatic carbocycles. The van der Waals surface area contributed by atoms with Crippen molar-refractivity contribution in [2.75, 3.05) is 6.54 Å². The highest BCUT2D eigenvalue weighted by atomic mass is 32.2. The third-order valence-electron chi connectivity index (χ3n) is 9.28. The summed E-state index contributed by atoms with van der Waals surface area (Å²) in [6.45, 7) is 1.63. The maximum atomic E-state index is 15.1. The van der Waals surface area contributed by atoms with Crippen molar-refractivity contribution in [2.45, 2.75) is 92.0 Å². The van der Waals surface area contributed by atoms with Crippen molar-refractivity contribution in [3.8, 4) is 0 Å². The highest BCUT2D eigenvalue weighted by Crippen LogP contribution is 2.57. The molecule has 2 aromatic rings. The summed E-state index contributed by atoms with van der Waals surface area (Å²) in [7, 11) is -4.64. The Bertz CT molecular complexity index is 1670. The number of carbonyl (C=O) groups excluding carboxylic acids is 3. The Hall–Kier alpha value is -3.80. The summed E-state index contributed by atoms with van der Waals surface area (Å²) in [6.07, 6.45) is -12.6. The van der Waals surface area contributed by atoms with Gasteiger partial charge in [-0.25, -0.2) is 27.8 Å². The number of carbonyl (C=O) groups is 3. The van der Waals surface area contributed by atoms with Gasteiger partial charge in [0.25, 0.3) is 0 Å². The molecule has 1 unspecified atom stereocenters. The number of fused-ring (bicyclic) bond motifs is 3. The maximum Gasteiger partial charge on any atom is 0.435 e. The van der Waals surface area contributed by atoms with Gasteiger partial charge in [-0.05, 0) is 73.9 Å². The summed E-state index contributed by atoms with van der Waals surface area (Å²) < 4.78 is 138. The number of hydrogen-bond acceptors (Lipinski definition) is 6. The largest absolute Gasteiger partial charge is 0.435 e. The second-order valence-electron chi connectivity index (χ2n) is 12.1. The number of hydrogen-bond donors (Lipinski definition) is 3. The van der Waals surface area contributed by atoms with Gasteiger partial charge in [0.1, 0.15) is 10.6 Å². The number of rotatable bonds is 10. The topological polar surface area (TPSA) is 139 Å². The fourth-order valence-corrected chi connectivity index (χ4v) is 9.39. The third kappa shape index (κ3) is 6.72. The number of likely N-dealkylation sites (tertiary alicyclic amines) is 1. The molecule has 1 heterocycles. The fraction of sp³-hybridized carbons (Fsp3) is 0.516. The third-order valence-corrected chi connectivity index (χ3v) is 11.8. The number of alkyl halides is 7. The Morgan fingerprint density at radius 3 is 2.20 bits per heavy atom. The number of sulfone groups is 1. The highest BCUT2D eigenvalue weighted by molar-refractivity contribution is 7.92. The van der Waals surface area contributed by atoms with E-state index in [1.807, 2.05) is 5.32 Å². The molecule has 4 N–H and O–H groups in total. The summed E-state index contributed by atoms with van der Waals surface area (Å²) in [5, 5.41) is 1.99. The van der Waals surface area contributed by atoms with Crippen LogP contribution in [0.25, 0.3) is 0 Å². The first-order valence-electron chi connectivity index (χ1n) is 15.3. The van der Waals surface area contributed by atoms with Gasteiger partial charge in [0.05, 0.1) is 10.9 Å². The van der Waals surface area contributed by atoms with Gasteiger partial charge in [-0.1, -0.05) is 31.5 Å². The zero-order chi connectivity index (χ0) is 36.6. The fourth-order valence-electron chi connectivity index (χ4n) is 7.03. The molecule has 1 aliphatic carbocycles. The van der Waals surface area contributed by atoms with Crippen molar-refractivity contribution in [2.24, 2.45) is 11.8 Å². The van der Waals surface area contributed by atoms with Crippen LogP contribution in [-0.4, -0.2) is 56.1 Å². The molecule has 0 aromatic heterocycles. The number of amides is 4. The monoisotopic (exact) mass is 726 g/mol. The number of hydrazine groups is 1. The Morgan fingerprint density at radius 1 is 1.00 bits per heavy atom. The van der Waals surface area contributed by atoms with Crippen molar-refractivity contribution in [3.05, 3.63) is 65.0 Å². The van der Waals surface area contributed by atoms with Crippen molar-refractivity contribution in [1.82, 2.24) is 15.6 Å². The van der Waals surface area contributed by atoms with E-state index in [0.717, 1.165) is 30.3 Å². The van der Waals surface area contributed by atoms with E-state index >= 15 is 4.39 Å². The molecule has 1 saturated heterocycles. The zero-order valence-corrected chi connectivity index (χ0v) is 26.9. The minimum Gasteiger partial charge on any atom is -0.337 e. The lowest BCUT2D eigenvalue weighted by Crippen LogP contribution is -2.53. The van der Waals surface area contributed by atoms with Crippen LogP contribution in [-0.2, 0) is 36.3 Å². The average Bonchev–Trinajstić information content (AvgIpc) is 3.44. The van der Waals surface area contributed by atoms with Crippen LogP contribution in [0.2, 0.25) is 0 Å². The molecule has 1 aliphatic heterocycles. The van der Waals surface area contributed by atoms with Gasteiger partial charge in [-0.3, -0.25) is 20.3 Å². The number of urea groups is 1. The van der Waals surface area contributed by atoms with Gasteiger partial charge < -0.3 is 4.90 Å². The van der Waals surface area contributed by atoms with Crippen molar-refractivity contribution in [1.29, 1.82) is 0 Å². The molecule has 0 saturated carbocycles. The quantitative estimate of drug-likeness (QED) is 0.0957. The van der Waals surface area contributed by atoms with E-state index < -0.39 is 78.7 Å². The minimum atomic E-state index is -6.39. The SMILES string of the molecule is CCCC(CCCC(=O)NC(=O)NN)C(=O)N1CC[C@@]2(S(=O)(=O)c3ccc(F)cc3)c3ccc(C(F)(C(F)(F)F)C(F)(F)F)cc3CC[C@@H]12. The summed E-state index contributed by atoms with van der Waals surface area (Å²) >= 11 is 0. The van der Waals surface area contributed by atoms with Gasteiger partial charge in [-0.15, -0.1) is 0 Å². The van der Waals surface area contributed by atoms with Gasteiger partial charge >= 0.3 is 24.1 Å². The lowest BCUT2D eigenvalue weighted by Gasteiger charge is -2.43. The summed E-state index contributed by atoms with van der Waals surface area (Å²) in [6, 6.07) is 3.01. The van der Waals surface area contributed by atoms with Crippen molar-refractivity contribution in [3.63, 3.8) is 0 Å². The molecule has 4 rings (SSSR count). The molecule has 49 heavy (non-hydrogen) atoms. The van der Waals surface area contributed by atoms with Gasteiger partial charge in [0.2, 0.25) is 11.8 Å². The normalized spacial score (nSPS) is 20.3. The molecule has 9 nitrogen and oxygen atoms in total. The van der Waals surface area contributed by atoms with E-state index in [-0.39, 0.29) is 62.3 Å².